The van der Waals surface area contributed by atoms with Crippen molar-refractivity contribution >= 4 is 161 Å². The van der Waals surface area contributed by atoms with Gasteiger partial charge in [0.05, 0.1) is 131 Å². The number of fused-ring (bicyclic) bond motifs is 20. The van der Waals surface area contributed by atoms with E-state index in [0.717, 1.165) is 12.1 Å². The van der Waals surface area contributed by atoms with Crippen LogP contribution in [0.3, 0.4) is 0 Å². The number of nitrogens with zero attached hydrogens (tertiary/aromatic N) is 9. The Morgan fingerprint density at radius 3 is 1.04 bits per heavy atom. The van der Waals surface area contributed by atoms with Gasteiger partial charge < -0.3 is 52.7 Å². The van der Waals surface area contributed by atoms with Crippen molar-refractivity contribution in [2.45, 2.75) is 226 Å². The number of hydrogen-bond donors (Lipinski definition) is 10. The first-order valence-electron chi connectivity index (χ1n) is 47.7. The number of halogens is 11. The Kier molecular flexibility index (Phi) is 28.0. The maximum atomic E-state index is 15.5. The predicted octanol–water partition coefficient (Wildman–Crippen LogP) is 9.96. The number of amides is 20. The average molecular weight is 2210 g/mol. The predicted molar refractivity (Wildman–Crippen MR) is 510 cm³/mol. The van der Waals surface area contributed by atoms with E-state index in [9.17, 15) is 93.9 Å². The number of hydrogen-bond acceptors (Lipinski definition) is 28. The third-order valence-electron chi connectivity index (χ3n) is 29.9. The van der Waals surface area contributed by atoms with E-state index in [-0.39, 0.29) is 120 Å². The van der Waals surface area contributed by atoms with Crippen LogP contribution in [0, 0.1) is 98.8 Å². The Bertz CT molecular complexity index is 6740. The van der Waals surface area contributed by atoms with E-state index < -0.39 is 248 Å². The summed E-state index contributed by atoms with van der Waals surface area (Å²) < 4.78 is 163. The van der Waals surface area contributed by atoms with E-state index >= 15 is 17.6 Å². The molecule has 790 valence electrons. The van der Waals surface area contributed by atoms with Gasteiger partial charge in [0, 0.05) is 61.4 Å². The van der Waals surface area contributed by atoms with Crippen LogP contribution in [-0.2, 0) is 110 Å². The molecule has 15 aliphatic rings. The minimum Gasteiger partial charge on any atom is -0.372 e. The first-order chi connectivity index (χ1) is 70.0. The number of rotatable bonds is 5. The maximum absolute atomic E-state index is 15.5. The lowest BCUT2D eigenvalue weighted by Crippen LogP contribution is -2.76. The lowest BCUT2D eigenvalue weighted by Gasteiger charge is -2.57. The quantitative estimate of drug-likeness (QED) is 0.0436. The molecule has 0 saturated carbocycles. The highest BCUT2D eigenvalue weighted by atomic mass is 79.9. The third-order valence-corrected chi connectivity index (χ3v) is 30.9. The zero-order valence-electron chi connectivity index (χ0n) is 82.0. The average Bonchev–Trinajstić information content (AvgIpc) is 1.45. The molecule has 15 atom stereocenters. The summed E-state index contributed by atoms with van der Waals surface area (Å²) in [6.07, 6.45) is -9.90. The highest BCUT2D eigenvalue weighted by Gasteiger charge is 2.71. The van der Waals surface area contributed by atoms with E-state index in [2.05, 4.69) is 98.7 Å². The molecule has 0 unspecified atom stereocenters. The SMILES string of the molecule is CC(C)[C@@H]1O[C@H](C)CN2c3c(F)cc(Br)cc3CC3(C(=O)NC(=O)NC3=O)[C@@H]12.CC(C)[C@@H]1O[C@H](C)CN2c3cc(F)c(Br)cc3CC3(C(=O)NC(=O)NC3=O)[C@@H]12.C[C@@H]1CN2c3c(cc(-c4noc(C(F)(F)F)n4)c(F)c3F)CC3(C(=O)NC(=O)NC3=O)[C@H]2[C@H](C)O1.[C-]#[N+]c1cc(F)c2c(c1)CC1(C(=O)NC(=O)NC1=O)[C@H]1[C@H](C(C)C)O[C@H](C)CN21.[C-]#[N+]c1cc2c(cc1F)N1C[C@@H](C)O[C@@H](C(C)C)[C@@H]1C1(C2)C(=O)NC(=O)NC1=O. The molecule has 40 nitrogen and oxygen atoms in total. The Balaban J connectivity index is 0.000000127. The van der Waals surface area contributed by atoms with Crippen LogP contribution < -0.4 is 77.7 Å². The topological polar surface area (TPSA) is 486 Å². The Hall–Kier alpha value is -13.6. The number of anilines is 5. The van der Waals surface area contributed by atoms with E-state index in [1.54, 1.807) is 35.8 Å². The lowest BCUT2D eigenvalue weighted by atomic mass is 9.65. The first-order valence-corrected chi connectivity index (χ1v) is 49.3. The van der Waals surface area contributed by atoms with Crippen LogP contribution in [-0.4, -0.2) is 223 Å². The molecule has 21 rings (SSSR count). The smallest absolute Gasteiger partial charge is 0.372 e. The van der Waals surface area contributed by atoms with Crippen molar-refractivity contribution < 1.29 is 140 Å². The molecule has 149 heavy (non-hydrogen) atoms. The van der Waals surface area contributed by atoms with Crippen molar-refractivity contribution in [3.8, 4) is 11.4 Å². The van der Waals surface area contributed by atoms with Gasteiger partial charge in [-0.15, -0.1) is 0 Å². The van der Waals surface area contributed by atoms with Crippen molar-refractivity contribution in [3.63, 3.8) is 0 Å². The number of barbiturate groups is 5. The van der Waals surface area contributed by atoms with Crippen LogP contribution in [0.5, 0.6) is 0 Å². The number of carbonyl (C=O) groups is 15. The second-order valence-electron chi connectivity index (χ2n) is 41.0. The van der Waals surface area contributed by atoms with Gasteiger partial charge in [-0.3, -0.25) is 101 Å². The fourth-order valence-electron chi connectivity index (χ4n) is 24.1. The van der Waals surface area contributed by atoms with Crippen molar-refractivity contribution in [2.75, 3.05) is 57.2 Å². The molecule has 0 bridgehead atoms. The van der Waals surface area contributed by atoms with Crippen molar-refractivity contribution in [2.24, 2.45) is 50.7 Å². The summed E-state index contributed by atoms with van der Waals surface area (Å²) in [6, 6.07) is 3.94. The van der Waals surface area contributed by atoms with E-state index in [4.69, 9.17) is 36.8 Å². The highest BCUT2D eigenvalue weighted by Crippen LogP contribution is 2.57. The van der Waals surface area contributed by atoms with Crippen LogP contribution >= 0.6 is 31.9 Å². The number of ether oxygens (including phenoxy) is 5. The molecule has 1 aromatic heterocycles. The van der Waals surface area contributed by atoms with Gasteiger partial charge in [0.2, 0.25) is 70.6 Å². The Labute approximate surface area is 860 Å². The van der Waals surface area contributed by atoms with Crippen LogP contribution in [0.15, 0.2) is 68.1 Å². The van der Waals surface area contributed by atoms with Gasteiger partial charge in [-0.25, -0.2) is 60.0 Å². The van der Waals surface area contributed by atoms with Crippen LogP contribution in [0.2, 0.25) is 0 Å². The monoisotopic (exact) mass is 2210 g/mol. The fourth-order valence-corrected chi connectivity index (χ4v) is 25.0. The summed E-state index contributed by atoms with van der Waals surface area (Å²) in [5, 5.41) is 25.0. The zero-order valence-corrected chi connectivity index (χ0v) is 85.2. The molecular weight excluding hydrogens is 2110 g/mol. The summed E-state index contributed by atoms with van der Waals surface area (Å²) in [7, 11) is 0. The molecule has 6 aromatic rings. The number of imide groups is 10. The van der Waals surface area contributed by atoms with Gasteiger partial charge in [0.25, 0.3) is 0 Å². The molecule has 20 amide bonds. The second-order valence-corrected chi connectivity index (χ2v) is 42.8. The van der Waals surface area contributed by atoms with Crippen molar-refractivity contribution in [3.05, 3.63) is 155 Å². The molecular formula is C98H100Br2F9N19O21. The number of nitrogens with one attached hydrogen (secondary N) is 10. The van der Waals surface area contributed by atoms with Gasteiger partial charge in [0.15, 0.2) is 44.4 Å². The third kappa shape index (κ3) is 17.7. The second kappa shape index (κ2) is 39.1. The van der Waals surface area contributed by atoms with E-state index in [1.807, 2.05) is 104 Å². The molecule has 15 aliphatic heterocycles. The van der Waals surface area contributed by atoms with Crippen molar-refractivity contribution in [1.82, 2.24) is 63.3 Å². The van der Waals surface area contributed by atoms with Crippen LogP contribution in [0.1, 0.15) is 131 Å². The summed E-state index contributed by atoms with van der Waals surface area (Å²) in [4.78, 5) is 208. The van der Waals surface area contributed by atoms with Gasteiger partial charge in [-0.1, -0.05) is 82.5 Å². The molecule has 5 spiro atoms. The van der Waals surface area contributed by atoms with Gasteiger partial charge in [-0.05, 0) is 177 Å². The van der Waals surface area contributed by atoms with Crippen LogP contribution in [0.4, 0.5) is 103 Å². The number of urea groups is 5. The molecule has 10 N–H and O–H groups in total. The summed E-state index contributed by atoms with van der Waals surface area (Å²) >= 11 is 6.48. The number of aromatic nitrogens is 2. The summed E-state index contributed by atoms with van der Waals surface area (Å²) in [5.74, 6) is -15.3. The number of benzene rings is 5. The Morgan fingerprint density at radius 2 is 0.685 bits per heavy atom. The molecule has 10 fully saturated rings. The first kappa shape index (κ1) is 107. The number of carbonyl (C=O) groups excluding carboxylic acids is 15. The summed E-state index contributed by atoms with van der Waals surface area (Å²) in [5.41, 5.74) is -5.65. The normalized spacial score (nSPS) is 27.7. The fraction of sp³-hybridized carbons (Fsp3) is 0.500. The highest BCUT2D eigenvalue weighted by molar-refractivity contribution is 9.10. The minimum atomic E-state index is -5.02. The van der Waals surface area contributed by atoms with E-state index in [0.29, 0.717) is 63.4 Å². The molecule has 0 aliphatic carbocycles. The van der Waals surface area contributed by atoms with Gasteiger partial charge in [0.1, 0.15) is 23.3 Å². The molecule has 16 heterocycles. The standard InChI is InChI=1S/C20H16F5N5O5.2C20H21FN4O4.2C19H21BrFN3O4/c1-6-5-30-12-8(3-9(10(21)11(12)22)14-26-17(35-29-14)20(23,24)25)4-19(13(30)7(2)34-6)15(31)27-18(33)28-16(19)32;1-9(2)15-16-20(17(26)23-19(28)24-18(20)27)7-11-5-13(22-4)12(21)6-14(11)25(16)8-10(3)29-15;1-9(2)15-16-20(17(26)23-19(28)24-18(20)27)7-11-5-12(22-4)6-13(21)14(11)25(16)8-10(3)29-15;1-8(2)14-15-19(16(25)22-18(27)23-17(19)26)6-10-4-11(20)12(21)5-13(10)24(15)7-9(3)28-14;1-8(2)14-15-19(16(25)22-18(27)23-17(19)26)6-10-4-11(20)5-12(21)13(10)24(15)7-9(3)28-14/h3,6-7,13H,4-5H2,1-2H3,(H2,27,28,31,32,33);2*5-6,9-10,15-16H,7-8H2,1-3H3,(H2,23,24,26,27,28);2*4-5,8-9,14-15H,6-7H2,1-3H3,(H2,22,23,25,26,27)/t6-,7+,13-;2*10-,15+,16-;2*9-,14+,15-/m11111/s1. The minimum absolute atomic E-state index is 0.00722. The maximum Gasteiger partial charge on any atom is 0.471 e. The molecule has 0 radical (unpaired) electrons. The van der Waals surface area contributed by atoms with Crippen LogP contribution in [0.25, 0.3) is 21.1 Å². The number of alkyl halides is 3. The van der Waals surface area contributed by atoms with Gasteiger partial charge in [-0.2, -0.15) is 18.2 Å². The van der Waals surface area contributed by atoms with Crippen molar-refractivity contribution in [1.29, 1.82) is 0 Å². The summed E-state index contributed by atoms with van der Waals surface area (Å²) in [6.45, 7) is 41.9. The van der Waals surface area contributed by atoms with E-state index in [1.165, 1.54) is 35.2 Å². The van der Waals surface area contributed by atoms with Gasteiger partial charge >= 0.3 is 42.2 Å². The number of morpholine rings is 5. The Morgan fingerprint density at radius 1 is 0.369 bits per heavy atom. The molecule has 51 heteroatoms. The largest absolute Gasteiger partial charge is 0.471 e. The zero-order chi connectivity index (χ0) is 108. The molecule has 10 saturated heterocycles. The molecule has 5 aromatic carbocycles. The lowest BCUT2D eigenvalue weighted by molar-refractivity contribution is -0.159.